The van der Waals surface area contributed by atoms with Crippen LogP contribution in [-0.2, 0) is 0 Å². The van der Waals surface area contributed by atoms with Gasteiger partial charge in [-0.1, -0.05) is 0 Å². The molecule has 18 heavy (non-hydrogen) atoms. The molecule has 0 aliphatic carbocycles. The Hall–Kier alpha value is 0.350. The molecule has 0 saturated heterocycles. The van der Waals surface area contributed by atoms with E-state index in [0.717, 1.165) is 6.16 Å². The Labute approximate surface area is 115 Å². The topological polar surface area (TPSA) is 40.5 Å². The average molecular weight is 278 g/mol. The van der Waals surface area contributed by atoms with Crippen molar-refractivity contribution in [3.63, 3.8) is 0 Å². The van der Waals surface area contributed by atoms with Crippen LogP contribution in [0.4, 0.5) is 0 Å². The van der Waals surface area contributed by atoms with E-state index in [9.17, 15) is 5.11 Å². The molecule has 0 aromatic carbocycles. The molecule has 2 nitrogen and oxygen atoms in total. The first-order valence-corrected chi connectivity index (χ1v) is 10.8. The molecule has 0 saturated carbocycles. The Bertz CT molecular complexity index is 164. The van der Waals surface area contributed by atoms with Crippen molar-refractivity contribution in [1.82, 2.24) is 0 Å². The number of aliphatic hydroxyl groups excluding tert-OH is 2. The summed E-state index contributed by atoms with van der Waals surface area (Å²) in [4.78, 5) is 0. The minimum atomic E-state index is -1.35. The van der Waals surface area contributed by atoms with Gasteiger partial charge < -0.3 is 0 Å². The van der Waals surface area contributed by atoms with Crippen LogP contribution in [0.2, 0.25) is 0 Å². The Balaban J connectivity index is 4.61. The summed E-state index contributed by atoms with van der Waals surface area (Å²) >= 11 is 0. The van der Waals surface area contributed by atoms with Crippen LogP contribution in [0.25, 0.3) is 0 Å². The number of hydrogen-bond donors (Lipinski definition) is 2. The van der Waals surface area contributed by atoms with Crippen molar-refractivity contribution in [2.24, 2.45) is 0 Å². The molecule has 0 heterocycles. The molecule has 2 N–H and O–H groups in total. The summed E-state index contributed by atoms with van der Waals surface area (Å²) in [6.07, 6.45) is 12.2. The fraction of sp³-hybridized carbons (Fsp3) is 1.00. The Morgan fingerprint density at radius 1 is 0.833 bits per heavy atom. The van der Waals surface area contributed by atoms with Crippen molar-refractivity contribution < 1.29 is 10.2 Å². The van der Waals surface area contributed by atoms with Crippen LogP contribution >= 0.6 is 7.26 Å². The van der Waals surface area contributed by atoms with Gasteiger partial charge in [0.25, 0.3) is 0 Å². The Morgan fingerprint density at radius 3 is 1.50 bits per heavy atom. The summed E-state index contributed by atoms with van der Waals surface area (Å²) < 4.78 is 0. The summed E-state index contributed by atoms with van der Waals surface area (Å²) in [6, 6.07) is 0. The first-order valence-electron chi connectivity index (χ1n) is 7.93. The SMILES string of the molecule is CCCC[PH](CCCC)(CCCC)CC(O)CO. The molecule has 0 radical (unpaired) electrons. The van der Waals surface area contributed by atoms with Crippen LogP contribution in [0.5, 0.6) is 0 Å². The zero-order valence-electron chi connectivity index (χ0n) is 12.7. The number of unbranched alkanes of at least 4 members (excludes halogenated alkanes) is 3. The zero-order chi connectivity index (χ0) is 13.9. The minimum absolute atomic E-state index is 0.0564. The summed E-state index contributed by atoms with van der Waals surface area (Å²) in [5.74, 6) is 0. The van der Waals surface area contributed by atoms with E-state index in [2.05, 4.69) is 20.8 Å². The first kappa shape index (κ1) is 18.4. The summed E-state index contributed by atoms with van der Waals surface area (Å²) in [5, 5.41) is 19.0. The van der Waals surface area contributed by atoms with Gasteiger partial charge in [0.05, 0.1) is 0 Å². The van der Waals surface area contributed by atoms with E-state index >= 15 is 0 Å². The molecule has 0 aliphatic heterocycles. The predicted molar refractivity (Wildman–Crippen MR) is 85.6 cm³/mol. The van der Waals surface area contributed by atoms with Crippen LogP contribution in [-0.4, -0.2) is 47.6 Å². The summed E-state index contributed by atoms with van der Waals surface area (Å²) in [5.41, 5.74) is 0. The summed E-state index contributed by atoms with van der Waals surface area (Å²) in [7, 11) is -1.35. The molecule has 112 valence electrons. The third-order valence-electron chi connectivity index (χ3n) is 4.06. The first-order chi connectivity index (χ1) is 8.64. The van der Waals surface area contributed by atoms with E-state index < -0.39 is 13.4 Å². The third kappa shape index (κ3) is 7.71. The average Bonchev–Trinajstić information content (AvgIpc) is 2.40. The molecule has 0 aliphatic rings. The van der Waals surface area contributed by atoms with Crippen LogP contribution < -0.4 is 0 Å². The van der Waals surface area contributed by atoms with Crippen LogP contribution in [0.3, 0.4) is 0 Å². The van der Waals surface area contributed by atoms with Gasteiger partial charge in [-0.2, -0.15) is 0 Å². The van der Waals surface area contributed by atoms with Gasteiger partial charge in [-0.3, -0.25) is 0 Å². The van der Waals surface area contributed by atoms with E-state index in [1.165, 1.54) is 57.0 Å². The number of aliphatic hydroxyl groups is 2. The molecule has 1 atom stereocenters. The van der Waals surface area contributed by atoms with Gasteiger partial charge in [-0.05, 0) is 0 Å². The molecule has 0 bridgehead atoms. The molecule has 0 amide bonds. The molecule has 1 unspecified atom stereocenters. The van der Waals surface area contributed by atoms with E-state index in [0.29, 0.717) is 0 Å². The predicted octanol–water partition coefficient (Wildman–Crippen LogP) is 3.49. The fourth-order valence-corrected chi connectivity index (χ4v) is 8.70. The Kier molecular flexibility index (Phi) is 11.4. The molecular weight excluding hydrogens is 243 g/mol. The van der Waals surface area contributed by atoms with Gasteiger partial charge in [0, 0.05) is 0 Å². The van der Waals surface area contributed by atoms with Crippen molar-refractivity contribution in [3.05, 3.63) is 0 Å². The van der Waals surface area contributed by atoms with Gasteiger partial charge in [0.2, 0.25) is 0 Å². The molecule has 0 rings (SSSR count). The maximum atomic E-state index is 9.88. The number of rotatable bonds is 12. The second kappa shape index (κ2) is 11.2. The van der Waals surface area contributed by atoms with Crippen molar-refractivity contribution in [1.29, 1.82) is 0 Å². The van der Waals surface area contributed by atoms with Gasteiger partial charge in [-0.15, -0.1) is 0 Å². The molecule has 0 aromatic heterocycles. The van der Waals surface area contributed by atoms with Crippen LogP contribution in [0.1, 0.15) is 59.3 Å². The molecule has 0 fully saturated rings. The third-order valence-corrected chi connectivity index (χ3v) is 9.64. The van der Waals surface area contributed by atoms with Gasteiger partial charge in [0.15, 0.2) is 0 Å². The summed E-state index contributed by atoms with van der Waals surface area (Å²) in [6.45, 7) is 6.70. The standard InChI is InChI=1S/C15H35O2P/c1-4-7-10-18(11-8-5-2,12-9-6-3)14-15(17)13-16/h15-18H,4-14H2,1-3H3. The molecular formula is C15H35O2P. The normalized spacial score (nSPS) is 14.7. The maximum absolute atomic E-state index is 9.88. The van der Waals surface area contributed by atoms with Crippen molar-refractivity contribution in [2.75, 3.05) is 31.3 Å². The fourth-order valence-electron chi connectivity index (χ4n) is 2.90. The molecule has 0 spiro atoms. The monoisotopic (exact) mass is 278 g/mol. The van der Waals surface area contributed by atoms with E-state index in [1.807, 2.05) is 0 Å². The van der Waals surface area contributed by atoms with Gasteiger partial charge in [0.1, 0.15) is 0 Å². The van der Waals surface area contributed by atoms with Crippen molar-refractivity contribution in [2.45, 2.75) is 65.4 Å². The van der Waals surface area contributed by atoms with E-state index in [4.69, 9.17) is 5.11 Å². The second-order valence-corrected chi connectivity index (χ2v) is 10.8. The quantitative estimate of drug-likeness (QED) is 0.536. The second-order valence-electron chi connectivity index (χ2n) is 5.85. The zero-order valence-corrected chi connectivity index (χ0v) is 13.7. The molecule has 0 aromatic rings. The van der Waals surface area contributed by atoms with Crippen LogP contribution in [0.15, 0.2) is 0 Å². The van der Waals surface area contributed by atoms with Crippen molar-refractivity contribution >= 4 is 7.26 Å². The van der Waals surface area contributed by atoms with E-state index in [-0.39, 0.29) is 6.61 Å². The van der Waals surface area contributed by atoms with Crippen molar-refractivity contribution in [3.8, 4) is 0 Å². The molecule has 3 heteroatoms. The van der Waals surface area contributed by atoms with Crippen LogP contribution in [0, 0.1) is 0 Å². The van der Waals surface area contributed by atoms with E-state index in [1.54, 1.807) is 0 Å². The van der Waals surface area contributed by atoms with Gasteiger partial charge in [-0.25, -0.2) is 0 Å². The number of hydrogen-bond acceptors (Lipinski definition) is 2. The Morgan fingerprint density at radius 2 is 1.22 bits per heavy atom. The van der Waals surface area contributed by atoms with Gasteiger partial charge >= 0.3 is 114 Å².